The van der Waals surface area contributed by atoms with E-state index < -0.39 is 8.07 Å². The topological polar surface area (TPSA) is 31.8 Å². The molecule has 0 radical (unpaired) electrons. The number of ether oxygens (including phenoxy) is 1. The molecule has 2 aliphatic heterocycles. The lowest BCUT2D eigenvalue weighted by molar-refractivity contribution is 0.463. The number of nitrogens with zero attached hydrogens (tertiary/aromatic N) is 4. The fraction of sp³-hybridized carbons (Fsp3) is 0.0513. The summed E-state index contributed by atoms with van der Waals surface area (Å²) in [6.07, 6.45) is 6.01. The van der Waals surface area contributed by atoms with Gasteiger partial charge in [0.2, 0.25) is 5.88 Å². The van der Waals surface area contributed by atoms with E-state index in [1.165, 1.54) is 26.4 Å². The first-order valence-electron chi connectivity index (χ1n) is 15.2. The van der Waals surface area contributed by atoms with E-state index in [4.69, 9.17) is 4.74 Å². The third-order valence-corrected chi connectivity index (χ3v) is 13.6. The van der Waals surface area contributed by atoms with Gasteiger partial charge in [-0.2, -0.15) is 0 Å². The lowest BCUT2D eigenvalue weighted by Gasteiger charge is -2.45. The third-order valence-electron chi connectivity index (χ3n) is 8.73. The third kappa shape index (κ3) is 4.58. The highest BCUT2D eigenvalue weighted by Gasteiger charge is 2.48. The van der Waals surface area contributed by atoms with Gasteiger partial charge in [0.1, 0.15) is 5.75 Å². The van der Waals surface area contributed by atoms with Crippen LogP contribution < -0.4 is 35.3 Å². The summed E-state index contributed by atoms with van der Waals surface area (Å²) in [5.41, 5.74) is 4.55. The van der Waals surface area contributed by atoms with Crippen LogP contribution in [0.15, 0.2) is 164 Å². The second kappa shape index (κ2) is 11.2. The van der Waals surface area contributed by atoms with E-state index in [1.807, 2.05) is 18.2 Å². The first-order chi connectivity index (χ1) is 22.2. The average molecular weight is 601 g/mol. The average Bonchev–Trinajstić information content (AvgIpc) is 3.54. The van der Waals surface area contributed by atoms with Gasteiger partial charge in [0.25, 0.3) is 0 Å². The van der Waals surface area contributed by atoms with Gasteiger partial charge in [0.05, 0.1) is 12.4 Å². The van der Waals surface area contributed by atoms with Crippen LogP contribution in [0.1, 0.15) is 0 Å². The number of hydrogen-bond donors (Lipinski definition) is 0. The maximum Gasteiger partial charge on any atom is 0.219 e. The molecule has 0 N–H and O–H groups in total. The summed E-state index contributed by atoms with van der Waals surface area (Å²) in [7, 11) is -0.660. The SMILES string of the molecule is CN1C=CN(c2cccc(N3c4ccccc4[Si](c4ccccc4)(c4ccccc4)c4ccc(Oc5ccccn5)cc43)c2)C1. The maximum absolute atomic E-state index is 6.37. The molecule has 0 bridgehead atoms. The van der Waals surface area contributed by atoms with Crippen LogP contribution in [-0.2, 0) is 0 Å². The van der Waals surface area contributed by atoms with Crippen molar-refractivity contribution in [2.75, 3.05) is 23.5 Å². The molecular weight excluding hydrogens is 569 g/mol. The molecule has 3 heterocycles. The van der Waals surface area contributed by atoms with E-state index in [1.54, 1.807) is 6.20 Å². The number of fused-ring (bicyclic) bond motifs is 2. The van der Waals surface area contributed by atoms with Crippen molar-refractivity contribution in [2.45, 2.75) is 0 Å². The molecule has 0 saturated heterocycles. The van der Waals surface area contributed by atoms with E-state index in [-0.39, 0.29) is 0 Å². The predicted octanol–water partition coefficient (Wildman–Crippen LogP) is 6.22. The van der Waals surface area contributed by atoms with Crippen molar-refractivity contribution < 1.29 is 4.74 Å². The molecule has 5 aromatic carbocycles. The largest absolute Gasteiger partial charge is 0.439 e. The summed E-state index contributed by atoms with van der Waals surface area (Å²) in [4.78, 5) is 11.3. The molecule has 6 heteroatoms. The van der Waals surface area contributed by atoms with Crippen LogP contribution in [0.2, 0.25) is 0 Å². The Morgan fingerprint density at radius 1 is 0.600 bits per heavy atom. The van der Waals surface area contributed by atoms with E-state index in [2.05, 4.69) is 167 Å². The van der Waals surface area contributed by atoms with Crippen molar-refractivity contribution in [3.05, 3.63) is 164 Å². The van der Waals surface area contributed by atoms with Crippen LogP contribution in [0.25, 0.3) is 0 Å². The van der Waals surface area contributed by atoms with Crippen LogP contribution in [0.4, 0.5) is 22.7 Å². The Hall–Kier alpha value is -5.59. The van der Waals surface area contributed by atoms with Crippen molar-refractivity contribution in [3.8, 4) is 11.6 Å². The van der Waals surface area contributed by atoms with Crippen LogP contribution >= 0.6 is 0 Å². The molecule has 0 spiro atoms. The number of anilines is 4. The fourth-order valence-corrected chi connectivity index (χ4v) is 11.9. The van der Waals surface area contributed by atoms with Gasteiger partial charge in [-0.25, -0.2) is 4.98 Å². The molecule has 0 amide bonds. The highest BCUT2D eigenvalue weighted by Crippen LogP contribution is 2.41. The predicted molar refractivity (Wildman–Crippen MR) is 187 cm³/mol. The number of benzene rings is 5. The zero-order valence-electron chi connectivity index (χ0n) is 25.0. The molecule has 45 heavy (non-hydrogen) atoms. The second-order valence-electron chi connectivity index (χ2n) is 11.5. The highest BCUT2D eigenvalue weighted by atomic mass is 28.3. The summed E-state index contributed by atoms with van der Waals surface area (Å²) in [6, 6.07) is 52.3. The Kier molecular flexibility index (Phi) is 6.69. The van der Waals surface area contributed by atoms with Crippen molar-refractivity contribution in [1.82, 2.24) is 9.88 Å². The molecule has 1 aromatic heterocycles. The standard InChI is InChI=1S/C39H32N4OSi/c1-41-25-26-42(29-41)30-13-12-14-31(27-30)43-35-19-8-9-20-37(35)45(33-15-4-2-5-16-33,34-17-6-3-7-18-34)38-23-22-32(28-36(38)43)44-39-21-10-11-24-40-39/h2-28H,29H2,1H3. The van der Waals surface area contributed by atoms with Crippen LogP contribution in [0, 0.1) is 0 Å². The highest BCUT2D eigenvalue weighted by molar-refractivity contribution is 7.21. The summed E-state index contributed by atoms with van der Waals surface area (Å²) in [5, 5.41) is 5.38. The molecule has 218 valence electrons. The van der Waals surface area contributed by atoms with Crippen LogP contribution in [0.3, 0.4) is 0 Å². The van der Waals surface area contributed by atoms with E-state index in [0.29, 0.717) is 5.88 Å². The van der Waals surface area contributed by atoms with Gasteiger partial charge in [-0.3, -0.25) is 0 Å². The zero-order chi connectivity index (χ0) is 30.2. The van der Waals surface area contributed by atoms with Crippen molar-refractivity contribution >= 4 is 51.6 Å². The maximum atomic E-state index is 6.37. The first kappa shape index (κ1) is 27.0. The normalized spacial score (nSPS) is 14.6. The van der Waals surface area contributed by atoms with E-state index in [0.717, 1.165) is 29.5 Å². The van der Waals surface area contributed by atoms with Crippen molar-refractivity contribution in [1.29, 1.82) is 0 Å². The first-order valence-corrected chi connectivity index (χ1v) is 17.2. The number of para-hydroxylation sites is 1. The molecule has 0 saturated carbocycles. The Labute approximate surface area is 264 Å². The molecule has 2 aliphatic rings. The van der Waals surface area contributed by atoms with E-state index in [9.17, 15) is 0 Å². The molecular formula is C39H32N4OSi. The fourth-order valence-electron chi connectivity index (χ4n) is 6.82. The Morgan fingerprint density at radius 3 is 2.00 bits per heavy atom. The second-order valence-corrected chi connectivity index (χ2v) is 15.2. The summed E-state index contributed by atoms with van der Waals surface area (Å²) < 4.78 is 6.37. The van der Waals surface area contributed by atoms with Gasteiger partial charge in [-0.05, 0) is 57.1 Å². The summed E-state index contributed by atoms with van der Waals surface area (Å²) >= 11 is 0. The Bertz CT molecular complexity index is 1960. The molecule has 0 aliphatic carbocycles. The Morgan fingerprint density at radius 2 is 1.29 bits per heavy atom. The van der Waals surface area contributed by atoms with Crippen molar-refractivity contribution in [3.63, 3.8) is 0 Å². The lowest BCUT2D eigenvalue weighted by Crippen LogP contribution is -2.77. The molecule has 6 aromatic rings. The lowest BCUT2D eigenvalue weighted by atomic mass is 10.1. The molecule has 0 atom stereocenters. The van der Waals surface area contributed by atoms with Gasteiger partial charge in [-0.15, -0.1) is 0 Å². The summed E-state index contributed by atoms with van der Waals surface area (Å²) in [6.45, 7) is 0.816. The number of pyridine rings is 1. The minimum atomic E-state index is -2.76. The molecule has 0 unspecified atom stereocenters. The van der Waals surface area contributed by atoms with Gasteiger partial charge in [0.15, 0.2) is 8.07 Å². The van der Waals surface area contributed by atoms with Gasteiger partial charge < -0.3 is 19.4 Å². The Balaban J connectivity index is 1.41. The van der Waals surface area contributed by atoms with Crippen LogP contribution in [0.5, 0.6) is 11.6 Å². The number of hydrogen-bond acceptors (Lipinski definition) is 5. The number of aromatic nitrogens is 1. The molecule has 5 nitrogen and oxygen atoms in total. The quantitative estimate of drug-likeness (QED) is 0.212. The minimum Gasteiger partial charge on any atom is -0.439 e. The minimum absolute atomic E-state index is 0.571. The van der Waals surface area contributed by atoms with Gasteiger partial charge >= 0.3 is 0 Å². The van der Waals surface area contributed by atoms with Crippen molar-refractivity contribution in [2.24, 2.45) is 0 Å². The van der Waals surface area contributed by atoms with E-state index >= 15 is 0 Å². The molecule has 8 rings (SSSR count). The summed E-state index contributed by atoms with van der Waals surface area (Å²) in [5.74, 6) is 1.32. The van der Waals surface area contributed by atoms with Crippen LogP contribution in [-0.4, -0.2) is 31.7 Å². The van der Waals surface area contributed by atoms with Gasteiger partial charge in [0, 0.05) is 54.8 Å². The smallest absolute Gasteiger partial charge is 0.219 e. The molecule has 0 fully saturated rings. The monoisotopic (exact) mass is 600 g/mol. The number of rotatable bonds is 6. The zero-order valence-corrected chi connectivity index (χ0v) is 26.0. The van der Waals surface area contributed by atoms with Gasteiger partial charge in [-0.1, -0.05) is 97.1 Å².